The van der Waals surface area contributed by atoms with Gasteiger partial charge in [-0.1, -0.05) is 63.8 Å². The highest BCUT2D eigenvalue weighted by molar-refractivity contribution is 5.98. The molecule has 1 saturated heterocycles. The van der Waals surface area contributed by atoms with Crippen LogP contribution in [0.3, 0.4) is 0 Å². The van der Waals surface area contributed by atoms with E-state index in [0.29, 0.717) is 18.7 Å². The van der Waals surface area contributed by atoms with Crippen molar-refractivity contribution < 1.29 is 9.59 Å². The highest BCUT2D eigenvalue weighted by Gasteiger charge is 2.22. The zero-order chi connectivity index (χ0) is 26.7. The molecular formula is C32H46N4O2. The van der Waals surface area contributed by atoms with E-state index in [4.69, 9.17) is 0 Å². The van der Waals surface area contributed by atoms with E-state index in [9.17, 15) is 9.59 Å². The SMILES string of the molecule is CC(C)C(=O)N1CCCCCCCNCc2cc(C(=O)NCc3cccc(CN4CCCCC4)c3)ccc21. The zero-order valence-corrected chi connectivity index (χ0v) is 23.4. The second kappa shape index (κ2) is 14.5. The minimum Gasteiger partial charge on any atom is -0.348 e. The van der Waals surface area contributed by atoms with Crippen LogP contribution in [0.15, 0.2) is 42.5 Å². The van der Waals surface area contributed by atoms with Gasteiger partial charge in [0, 0.05) is 43.3 Å². The molecule has 2 heterocycles. The molecule has 0 aliphatic carbocycles. The summed E-state index contributed by atoms with van der Waals surface area (Å²) in [5.41, 5.74) is 5.00. The van der Waals surface area contributed by atoms with Gasteiger partial charge < -0.3 is 15.5 Å². The maximum atomic E-state index is 13.2. The quantitative estimate of drug-likeness (QED) is 0.519. The third kappa shape index (κ3) is 8.15. The first-order valence-corrected chi connectivity index (χ1v) is 14.7. The van der Waals surface area contributed by atoms with E-state index in [0.717, 1.165) is 55.7 Å². The lowest BCUT2D eigenvalue weighted by Gasteiger charge is -2.28. The Bertz CT molecular complexity index is 1060. The molecule has 0 radical (unpaired) electrons. The Kier molecular flexibility index (Phi) is 10.8. The van der Waals surface area contributed by atoms with Crippen molar-refractivity contribution in [2.75, 3.05) is 31.1 Å². The van der Waals surface area contributed by atoms with Crippen LogP contribution in [-0.4, -0.2) is 42.9 Å². The van der Waals surface area contributed by atoms with E-state index in [-0.39, 0.29) is 17.7 Å². The Labute approximate surface area is 229 Å². The Hall–Kier alpha value is -2.70. The summed E-state index contributed by atoms with van der Waals surface area (Å²) in [6.45, 7) is 10.1. The first-order chi connectivity index (χ1) is 18.5. The number of nitrogens with zero attached hydrogens (tertiary/aromatic N) is 2. The largest absolute Gasteiger partial charge is 0.348 e. The molecular weight excluding hydrogens is 472 g/mol. The van der Waals surface area contributed by atoms with Gasteiger partial charge in [-0.25, -0.2) is 0 Å². The van der Waals surface area contributed by atoms with Crippen LogP contribution in [0.25, 0.3) is 0 Å². The molecule has 0 bridgehead atoms. The van der Waals surface area contributed by atoms with Crippen LogP contribution in [0.1, 0.15) is 92.3 Å². The number of benzene rings is 2. The van der Waals surface area contributed by atoms with Gasteiger partial charge in [-0.3, -0.25) is 14.5 Å². The first kappa shape index (κ1) is 28.3. The van der Waals surface area contributed by atoms with Gasteiger partial charge >= 0.3 is 0 Å². The topological polar surface area (TPSA) is 64.7 Å². The van der Waals surface area contributed by atoms with Gasteiger partial charge in [0.25, 0.3) is 5.91 Å². The van der Waals surface area contributed by atoms with Gasteiger partial charge in [-0.15, -0.1) is 0 Å². The van der Waals surface area contributed by atoms with Crippen molar-refractivity contribution in [3.8, 4) is 0 Å². The Morgan fingerprint density at radius 3 is 2.39 bits per heavy atom. The highest BCUT2D eigenvalue weighted by Crippen LogP contribution is 2.26. The first-order valence-electron chi connectivity index (χ1n) is 14.7. The Morgan fingerprint density at radius 2 is 1.58 bits per heavy atom. The lowest BCUT2D eigenvalue weighted by Crippen LogP contribution is -2.36. The van der Waals surface area contributed by atoms with Crippen molar-refractivity contribution in [1.29, 1.82) is 0 Å². The number of carbonyl (C=O) groups excluding carboxylic acids is 2. The highest BCUT2D eigenvalue weighted by atomic mass is 16.2. The van der Waals surface area contributed by atoms with Crippen molar-refractivity contribution in [1.82, 2.24) is 15.5 Å². The maximum Gasteiger partial charge on any atom is 0.251 e. The van der Waals surface area contributed by atoms with Crippen molar-refractivity contribution in [3.63, 3.8) is 0 Å². The van der Waals surface area contributed by atoms with E-state index in [1.54, 1.807) is 0 Å². The molecule has 206 valence electrons. The fourth-order valence-electron chi connectivity index (χ4n) is 5.56. The summed E-state index contributed by atoms with van der Waals surface area (Å²) < 4.78 is 0. The monoisotopic (exact) mass is 518 g/mol. The number of rotatable bonds is 6. The molecule has 1 fully saturated rings. The van der Waals surface area contributed by atoms with Gasteiger partial charge in [0.1, 0.15) is 0 Å². The molecule has 2 aromatic rings. The average molecular weight is 519 g/mol. The molecule has 2 amide bonds. The number of fused-ring (bicyclic) bond motifs is 1. The number of piperidine rings is 1. The van der Waals surface area contributed by atoms with Crippen molar-refractivity contribution in [2.24, 2.45) is 5.92 Å². The predicted molar refractivity (Wildman–Crippen MR) is 155 cm³/mol. The molecule has 0 atom stereocenters. The second-order valence-corrected chi connectivity index (χ2v) is 11.3. The Balaban J connectivity index is 1.46. The lowest BCUT2D eigenvalue weighted by atomic mass is 10.0. The molecule has 2 aliphatic heterocycles. The minimum absolute atomic E-state index is 0.0719. The van der Waals surface area contributed by atoms with Crippen LogP contribution in [0.2, 0.25) is 0 Å². The zero-order valence-electron chi connectivity index (χ0n) is 23.4. The molecule has 2 aromatic carbocycles. The van der Waals surface area contributed by atoms with Crippen LogP contribution in [0, 0.1) is 5.92 Å². The summed E-state index contributed by atoms with van der Waals surface area (Å²) >= 11 is 0. The molecule has 6 nitrogen and oxygen atoms in total. The van der Waals surface area contributed by atoms with E-state index in [1.807, 2.05) is 36.9 Å². The number of likely N-dealkylation sites (tertiary alicyclic amines) is 1. The predicted octanol–water partition coefficient (Wildman–Crippen LogP) is 5.65. The number of amides is 2. The second-order valence-electron chi connectivity index (χ2n) is 11.3. The van der Waals surface area contributed by atoms with Crippen molar-refractivity contribution in [3.05, 3.63) is 64.7 Å². The van der Waals surface area contributed by atoms with Crippen LogP contribution in [0.5, 0.6) is 0 Å². The molecule has 0 aromatic heterocycles. The van der Waals surface area contributed by atoms with Crippen LogP contribution >= 0.6 is 0 Å². The smallest absolute Gasteiger partial charge is 0.251 e. The summed E-state index contributed by atoms with van der Waals surface area (Å²) in [6.07, 6.45) is 9.62. The van der Waals surface area contributed by atoms with Crippen molar-refractivity contribution >= 4 is 17.5 Å². The molecule has 0 spiro atoms. The third-order valence-electron chi connectivity index (χ3n) is 7.74. The standard InChI is InChI=1S/C32H46N4O2/c1-25(2)32(38)36-19-10-5-3-4-7-16-33-23-29-21-28(14-15-30(29)36)31(37)34-22-26-12-11-13-27(20-26)24-35-17-8-6-9-18-35/h11-15,20-21,25,33H,3-10,16-19,22-24H2,1-2H3,(H,34,37). The number of anilines is 1. The number of carbonyl (C=O) groups is 2. The van der Waals surface area contributed by atoms with Gasteiger partial charge in [0.15, 0.2) is 0 Å². The molecule has 4 rings (SSSR count). The number of hydrogen-bond donors (Lipinski definition) is 2. The molecule has 38 heavy (non-hydrogen) atoms. The maximum absolute atomic E-state index is 13.2. The molecule has 0 unspecified atom stereocenters. The third-order valence-corrected chi connectivity index (χ3v) is 7.74. The number of nitrogens with one attached hydrogen (secondary N) is 2. The lowest BCUT2D eigenvalue weighted by molar-refractivity contribution is -0.121. The average Bonchev–Trinajstić information content (AvgIpc) is 2.92. The summed E-state index contributed by atoms with van der Waals surface area (Å²) in [6, 6.07) is 14.4. The van der Waals surface area contributed by atoms with Crippen LogP contribution < -0.4 is 15.5 Å². The number of hydrogen-bond acceptors (Lipinski definition) is 4. The van der Waals surface area contributed by atoms with Crippen LogP contribution in [-0.2, 0) is 24.4 Å². The summed E-state index contributed by atoms with van der Waals surface area (Å²) in [4.78, 5) is 30.8. The summed E-state index contributed by atoms with van der Waals surface area (Å²) in [7, 11) is 0. The van der Waals surface area contributed by atoms with Gasteiger partial charge in [-0.05, 0) is 80.2 Å². The Morgan fingerprint density at radius 1 is 0.868 bits per heavy atom. The van der Waals surface area contributed by atoms with Gasteiger partial charge in [-0.2, -0.15) is 0 Å². The van der Waals surface area contributed by atoms with E-state index < -0.39 is 0 Å². The fraction of sp³-hybridized carbons (Fsp3) is 0.562. The van der Waals surface area contributed by atoms with E-state index >= 15 is 0 Å². The van der Waals surface area contributed by atoms with Gasteiger partial charge in [0.05, 0.1) is 0 Å². The summed E-state index contributed by atoms with van der Waals surface area (Å²) in [5, 5.41) is 6.66. The molecule has 6 heteroatoms. The van der Waals surface area contributed by atoms with Crippen LogP contribution in [0.4, 0.5) is 5.69 Å². The van der Waals surface area contributed by atoms with E-state index in [1.165, 1.54) is 50.8 Å². The normalized spacial score (nSPS) is 17.8. The summed E-state index contributed by atoms with van der Waals surface area (Å²) in [5.74, 6) is -0.00982. The molecule has 2 aliphatic rings. The van der Waals surface area contributed by atoms with E-state index in [2.05, 4.69) is 39.8 Å². The fourth-order valence-corrected chi connectivity index (χ4v) is 5.56. The molecule has 2 N–H and O–H groups in total. The molecule has 0 saturated carbocycles. The minimum atomic E-state index is -0.0814. The van der Waals surface area contributed by atoms with Gasteiger partial charge in [0.2, 0.25) is 5.91 Å². The van der Waals surface area contributed by atoms with Crippen molar-refractivity contribution in [2.45, 2.75) is 84.8 Å².